The van der Waals surface area contributed by atoms with E-state index in [4.69, 9.17) is 0 Å². The summed E-state index contributed by atoms with van der Waals surface area (Å²) >= 11 is 0. The van der Waals surface area contributed by atoms with E-state index in [1.54, 1.807) is 0 Å². The Morgan fingerprint density at radius 3 is 2.37 bits per heavy atom. The highest BCUT2D eigenvalue weighted by molar-refractivity contribution is 5.19. The number of hydrogen-bond donors (Lipinski definition) is 1. The molecule has 1 fully saturated rings. The van der Waals surface area contributed by atoms with Crippen molar-refractivity contribution in [3.63, 3.8) is 0 Å². The number of rotatable bonds is 3. The fourth-order valence-electron chi connectivity index (χ4n) is 2.83. The molecule has 1 nitrogen and oxygen atoms in total. The Labute approximate surface area is 112 Å². The Kier molecular flexibility index (Phi) is 4.50. The summed E-state index contributed by atoms with van der Waals surface area (Å²) < 4.78 is 39.1. The molecule has 1 N–H and O–H groups in total. The smallest absolute Gasteiger partial charge is 0.194 e. The van der Waals surface area contributed by atoms with Gasteiger partial charge in [-0.3, -0.25) is 0 Å². The van der Waals surface area contributed by atoms with Crippen LogP contribution in [0.2, 0.25) is 0 Å². The molecule has 0 spiro atoms. The van der Waals surface area contributed by atoms with Crippen LogP contribution in [0.15, 0.2) is 12.1 Å². The molecule has 1 aliphatic rings. The second-order valence-electron chi connectivity index (χ2n) is 5.63. The lowest BCUT2D eigenvalue weighted by Crippen LogP contribution is -2.40. The number of halogens is 3. The maximum atomic E-state index is 13.1. The lowest BCUT2D eigenvalue weighted by atomic mass is 9.78. The highest BCUT2D eigenvalue weighted by atomic mass is 19.2. The fraction of sp³-hybridized carbons (Fsp3) is 0.600. The number of benzene rings is 1. The summed E-state index contributed by atoms with van der Waals surface area (Å²) in [5.41, 5.74) is 0.446. The van der Waals surface area contributed by atoms with Gasteiger partial charge < -0.3 is 5.32 Å². The molecule has 0 bridgehead atoms. The summed E-state index contributed by atoms with van der Waals surface area (Å²) in [5, 5.41) is 3.34. The van der Waals surface area contributed by atoms with Gasteiger partial charge in [-0.25, -0.2) is 13.2 Å². The van der Waals surface area contributed by atoms with Crippen LogP contribution in [0.5, 0.6) is 0 Å². The first-order chi connectivity index (χ1) is 8.99. The minimum Gasteiger partial charge on any atom is -0.310 e. The average Bonchev–Trinajstić information content (AvgIpc) is 2.37. The fourth-order valence-corrected chi connectivity index (χ4v) is 2.83. The quantitative estimate of drug-likeness (QED) is 0.819. The highest BCUT2D eigenvalue weighted by Crippen LogP contribution is 2.29. The second kappa shape index (κ2) is 5.95. The molecule has 0 saturated heterocycles. The highest BCUT2D eigenvalue weighted by Gasteiger charge is 2.26. The zero-order chi connectivity index (χ0) is 14.0. The molecule has 0 aliphatic heterocycles. The van der Waals surface area contributed by atoms with Crippen molar-refractivity contribution in [2.24, 2.45) is 11.8 Å². The van der Waals surface area contributed by atoms with E-state index in [1.165, 1.54) is 12.8 Å². The Hall–Kier alpha value is -1.03. The summed E-state index contributed by atoms with van der Waals surface area (Å²) in [6.07, 6.45) is 3.49. The minimum absolute atomic E-state index is 0.361. The van der Waals surface area contributed by atoms with E-state index in [-0.39, 0.29) is 0 Å². The molecule has 19 heavy (non-hydrogen) atoms. The minimum atomic E-state index is -1.40. The van der Waals surface area contributed by atoms with E-state index in [1.807, 2.05) is 0 Å². The predicted octanol–water partition coefficient (Wildman–Crippen LogP) is 4.02. The number of nitrogens with one attached hydrogen (secondary N) is 1. The van der Waals surface area contributed by atoms with Gasteiger partial charge in [-0.2, -0.15) is 0 Å². The van der Waals surface area contributed by atoms with Crippen LogP contribution in [-0.4, -0.2) is 6.04 Å². The molecule has 1 aromatic carbocycles. The van der Waals surface area contributed by atoms with Crippen molar-refractivity contribution in [2.75, 3.05) is 0 Å². The van der Waals surface area contributed by atoms with Crippen LogP contribution in [-0.2, 0) is 6.54 Å². The third-order valence-corrected chi connectivity index (χ3v) is 4.32. The maximum absolute atomic E-state index is 13.1. The molecular formula is C15H20F3N. The molecule has 0 radical (unpaired) electrons. The molecule has 106 valence electrons. The summed E-state index contributed by atoms with van der Waals surface area (Å²) in [6, 6.07) is 2.48. The van der Waals surface area contributed by atoms with Crippen LogP contribution >= 0.6 is 0 Å². The summed E-state index contributed by atoms with van der Waals surface area (Å²) in [7, 11) is 0. The van der Waals surface area contributed by atoms with Crippen LogP contribution in [0, 0.1) is 29.3 Å². The SMILES string of the molecule is CC1CCCC(NCc2cc(F)c(F)c(F)c2)C1C. The van der Waals surface area contributed by atoms with Crippen LogP contribution in [0.25, 0.3) is 0 Å². The van der Waals surface area contributed by atoms with Crippen molar-refractivity contribution >= 4 is 0 Å². The van der Waals surface area contributed by atoms with Crippen molar-refractivity contribution < 1.29 is 13.2 Å². The third kappa shape index (κ3) is 3.30. The molecule has 0 heterocycles. The van der Waals surface area contributed by atoms with Gasteiger partial charge in [0.1, 0.15) is 0 Å². The Morgan fingerprint density at radius 2 is 1.74 bits per heavy atom. The van der Waals surface area contributed by atoms with E-state index in [9.17, 15) is 13.2 Å². The molecule has 0 amide bonds. The van der Waals surface area contributed by atoms with E-state index >= 15 is 0 Å². The first-order valence-electron chi connectivity index (χ1n) is 6.86. The predicted molar refractivity (Wildman–Crippen MR) is 69.1 cm³/mol. The van der Waals surface area contributed by atoms with Gasteiger partial charge in [0.2, 0.25) is 0 Å². The van der Waals surface area contributed by atoms with Crippen molar-refractivity contribution in [1.82, 2.24) is 5.32 Å². The second-order valence-corrected chi connectivity index (χ2v) is 5.63. The lowest BCUT2D eigenvalue weighted by Gasteiger charge is -2.34. The van der Waals surface area contributed by atoms with Gasteiger partial charge in [0.25, 0.3) is 0 Å². The molecule has 4 heteroatoms. The van der Waals surface area contributed by atoms with Gasteiger partial charge in [-0.15, -0.1) is 0 Å². The van der Waals surface area contributed by atoms with Crippen LogP contribution < -0.4 is 5.32 Å². The summed E-state index contributed by atoms with van der Waals surface area (Å²) in [6.45, 7) is 4.80. The maximum Gasteiger partial charge on any atom is 0.194 e. The zero-order valence-corrected chi connectivity index (χ0v) is 11.3. The van der Waals surface area contributed by atoms with Gasteiger partial charge in [0.05, 0.1) is 0 Å². The first kappa shape index (κ1) is 14.4. The van der Waals surface area contributed by atoms with Crippen LogP contribution in [0.3, 0.4) is 0 Å². The summed E-state index contributed by atoms with van der Waals surface area (Å²) in [4.78, 5) is 0. The normalized spacial score (nSPS) is 27.5. The Balaban J connectivity index is 1.99. The first-order valence-corrected chi connectivity index (χ1v) is 6.86. The van der Waals surface area contributed by atoms with Gasteiger partial charge >= 0.3 is 0 Å². The van der Waals surface area contributed by atoms with Gasteiger partial charge in [0, 0.05) is 12.6 Å². The Bertz CT molecular complexity index is 424. The van der Waals surface area contributed by atoms with Crippen molar-refractivity contribution in [2.45, 2.75) is 45.7 Å². The topological polar surface area (TPSA) is 12.0 Å². The molecule has 3 atom stereocenters. The van der Waals surface area contributed by atoms with Crippen molar-refractivity contribution in [1.29, 1.82) is 0 Å². The average molecular weight is 271 g/mol. The lowest BCUT2D eigenvalue weighted by molar-refractivity contribution is 0.206. The number of hydrogen-bond acceptors (Lipinski definition) is 1. The van der Waals surface area contributed by atoms with Crippen LogP contribution in [0.4, 0.5) is 13.2 Å². The van der Waals surface area contributed by atoms with Crippen molar-refractivity contribution in [3.05, 3.63) is 35.1 Å². The standard InChI is InChI=1S/C15H20F3N/c1-9-4-3-5-14(10(9)2)19-8-11-6-12(16)15(18)13(17)7-11/h6-7,9-10,14,19H,3-5,8H2,1-2H3. The van der Waals surface area contributed by atoms with E-state index in [0.717, 1.165) is 18.6 Å². The third-order valence-electron chi connectivity index (χ3n) is 4.32. The van der Waals surface area contributed by atoms with Gasteiger partial charge in [0.15, 0.2) is 17.5 Å². The van der Waals surface area contributed by atoms with Crippen molar-refractivity contribution in [3.8, 4) is 0 Å². The van der Waals surface area contributed by atoms with E-state index in [2.05, 4.69) is 19.2 Å². The van der Waals surface area contributed by atoms with Crippen LogP contribution in [0.1, 0.15) is 38.7 Å². The molecular weight excluding hydrogens is 251 g/mol. The van der Waals surface area contributed by atoms with E-state index in [0.29, 0.717) is 30.0 Å². The molecule has 0 aromatic heterocycles. The molecule has 2 rings (SSSR count). The molecule has 1 aromatic rings. The molecule has 1 saturated carbocycles. The van der Waals surface area contributed by atoms with E-state index < -0.39 is 17.5 Å². The monoisotopic (exact) mass is 271 g/mol. The van der Waals surface area contributed by atoms with Gasteiger partial charge in [-0.05, 0) is 36.0 Å². The van der Waals surface area contributed by atoms with Gasteiger partial charge in [-0.1, -0.05) is 26.7 Å². The largest absolute Gasteiger partial charge is 0.310 e. The Morgan fingerprint density at radius 1 is 1.11 bits per heavy atom. The molecule has 3 unspecified atom stereocenters. The zero-order valence-electron chi connectivity index (χ0n) is 11.3. The summed E-state index contributed by atoms with van der Waals surface area (Å²) in [5.74, 6) is -2.44. The molecule has 1 aliphatic carbocycles.